The first-order chi connectivity index (χ1) is 10.6. The van der Waals surface area contributed by atoms with Gasteiger partial charge in [-0.1, -0.05) is 48.5 Å². The Bertz CT molecular complexity index is 1030. The molecule has 0 aromatic heterocycles. The zero-order valence-electron chi connectivity index (χ0n) is 11.3. The van der Waals surface area contributed by atoms with Crippen LogP contribution in [-0.2, 0) is 4.79 Å². The Kier molecular flexibility index (Phi) is 2.39. The summed E-state index contributed by atoms with van der Waals surface area (Å²) in [6.45, 7) is 0. The predicted molar refractivity (Wildman–Crippen MR) is 83.0 cm³/mol. The van der Waals surface area contributed by atoms with Crippen LogP contribution in [0.15, 0.2) is 54.3 Å². The van der Waals surface area contributed by atoms with Crippen LogP contribution in [0.25, 0.3) is 27.3 Å². The van der Waals surface area contributed by atoms with Crippen LogP contribution in [0.2, 0.25) is 0 Å². The van der Waals surface area contributed by atoms with Gasteiger partial charge in [0, 0.05) is 11.1 Å². The molecule has 0 saturated carbocycles. The Morgan fingerprint density at radius 2 is 1.00 bits per heavy atom. The average Bonchev–Trinajstić information content (AvgIpc) is 2.57. The second kappa shape index (κ2) is 4.18. The van der Waals surface area contributed by atoms with Gasteiger partial charge >= 0.3 is 0 Å². The van der Waals surface area contributed by atoms with E-state index in [4.69, 9.17) is 0 Å². The SMILES string of the molecule is O=C1C(=O)c2c(c3ccccc3c3ccccc23)C(O)=C1O. The minimum Gasteiger partial charge on any atom is -0.504 e. The van der Waals surface area contributed by atoms with Gasteiger partial charge in [-0.25, -0.2) is 0 Å². The molecule has 4 heteroatoms. The zero-order valence-corrected chi connectivity index (χ0v) is 11.3. The van der Waals surface area contributed by atoms with Gasteiger partial charge in [0.1, 0.15) is 0 Å². The van der Waals surface area contributed by atoms with Gasteiger partial charge in [0.15, 0.2) is 5.76 Å². The van der Waals surface area contributed by atoms with Gasteiger partial charge in [-0.15, -0.1) is 0 Å². The fourth-order valence-corrected chi connectivity index (χ4v) is 3.07. The number of aliphatic hydroxyl groups excluding tert-OH is 2. The Balaban J connectivity index is 2.37. The van der Waals surface area contributed by atoms with Crippen molar-refractivity contribution in [1.82, 2.24) is 0 Å². The molecule has 106 valence electrons. The Hall–Kier alpha value is -3.14. The molecule has 0 radical (unpaired) electrons. The highest BCUT2D eigenvalue weighted by Crippen LogP contribution is 2.39. The van der Waals surface area contributed by atoms with Crippen LogP contribution in [0.3, 0.4) is 0 Å². The van der Waals surface area contributed by atoms with Crippen molar-refractivity contribution < 1.29 is 19.8 Å². The third-order valence-electron chi connectivity index (χ3n) is 4.04. The summed E-state index contributed by atoms with van der Waals surface area (Å²) in [4.78, 5) is 24.2. The number of Topliss-reactive ketones (excluding diaryl/α,β-unsaturated/α-hetero) is 2. The van der Waals surface area contributed by atoms with Crippen LogP contribution in [0.5, 0.6) is 0 Å². The van der Waals surface area contributed by atoms with Crippen LogP contribution >= 0.6 is 0 Å². The number of fused-ring (bicyclic) bond motifs is 6. The summed E-state index contributed by atoms with van der Waals surface area (Å²) in [6.07, 6.45) is 0. The molecule has 22 heavy (non-hydrogen) atoms. The molecule has 3 aromatic carbocycles. The number of carbonyl (C=O) groups is 2. The largest absolute Gasteiger partial charge is 0.504 e. The van der Waals surface area contributed by atoms with Crippen molar-refractivity contribution in [3.05, 3.63) is 65.4 Å². The molecule has 0 heterocycles. The summed E-state index contributed by atoms with van der Waals surface area (Å²) in [7, 11) is 0. The third-order valence-corrected chi connectivity index (χ3v) is 4.04. The van der Waals surface area contributed by atoms with Crippen molar-refractivity contribution in [2.45, 2.75) is 0 Å². The summed E-state index contributed by atoms with van der Waals surface area (Å²) in [6, 6.07) is 14.5. The van der Waals surface area contributed by atoms with E-state index in [1.807, 2.05) is 24.3 Å². The molecule has 0 atom stereocenters. The molecule has 0 saturated heterocycles. The standard InChI is InChI=1S/C18H10O4/c19-15-13-11-7-3-1-5-9(11)10-6-2-4-8-12(10)14(13)16(20)18(22)17(15)21/h1-8,19,21H. The molecular formula is C18H10O4. The number of ketones is 2. The molecule has 0 aliphatic heterocycles. The first kappa shape index (κ1) is 12.6. The lowest BCUT2D eigenvalue weighted by molar-refractivity contribution is -0.114. The molecule has 0 bridgehead atoms. The molecule has 2 N–H and O–H groups in total. The highest BCUT2D eigenvalue weighted by Gasteiger charge is 2.35. The van der Waals surface area contributed by atoms with E-state index >= 15 is 0 Å². The van der Waals surface area contributed by atoms with E-state index in [9.17, 15) is 19.8 Å². The van der Waals surface area contributed by atoms with Crippen molar-refractivity contribution in [2.24, 2.45) is 0 Å². The molecule has 3 aromatic rings. The number of rotatable bonds is 0. The fourth-order valence-electron chi connectivity index (χ4n) is 3.07. The van der Waals surface area contributed by atoms with Crippen LogP contribution in [0.1, 0.15) is 15.9 Å². The van der Waals surface area contributed by atoms with Crippen molar-refractivity contribution in [1.29, 1.82) is 0 Å². The second-order valence-corrected chi connectivity index (χ2v) is 5.20. The van der Waals surface area contributed by atoms with Gasteiger partial charge < -0.3 is 10.2 Å². The maximum atomic E-state index is 12.4. The Morgan fingerprint density at radius 1 is 0.545 bits per heavy atom. The highest BCUT2D eigenvalue weighted by atomic mass is 16.3. The van der Waals surface area contributed by atoms with Crippen molar-refractivity contribution in [3.63, 3.8) is 0 Å². The van der Waals surface area contributed by atoms with Crippen LogP contribution in [0.4, 0.5) is 0 Å². The van der Waals surface area contributed by atoms with Crippen LogP contribution < -0.4 is 0 Å². The normalized spacial score (nSPS) is 14.7. The molecular weight excluding hydrogens is 280 g/mol. The summed E-state index contributed by atoms with van der Waals surface area (Å²) < 4.78 is 0. The molecule has 4 rings (SSSR count). The minimum absolute atomic E-state index is 0.148. The number of benzene rings is 3. The number of aliphatic hydroxyl groups is 2. The van der Waals surface area contributed by atoms with E-state index in [1.165, 1.54) is 0 Å². The number of hydrogen-bond donors (Lipinski definition) is 2. The molecule has 0 spiro atoms. The summed E-state index contributed by atoms with van der Waals surface area (Å²) in [5, 5.41) is 22.9. The number of allylic oxidation sites excluding steroid dienone is 1. The lowest BCUT2D eigenvalue weighted by Gasteiger charge is -2.19. The van der Waals surface area contributed by atoms with E-state index in [1.54, 1.807) is 24.3 Å². The van der Waals surface area contributed by atoms with Crippen molar-refractivity contribution in [2.75, 3.05) is 0 Å². The maximum Gasteiger partial charge on any atom is 0.271 e. The number of carbonyl (C=O) groups excluding carboxylic acids is 2. The molecule has 0 unspecified atom stereocenters. The summed E-state index contributed by atoms with van der Waals surface area (Å²) in [5.41, 5.74) is 0.367. The average molecular weight is 290 g/mol. The molecule has 0 fully saturated rings. The van der Waals surface area contributed by atoms with E-state index in [0.717, 1.165) is 10.8 Å². The molecule has 0 amide bonds. The van der Waals surface area contributed by atoms with Crippen LogP contribution in [-0.4, -0.2) is 21.8 Å². The van der Waals surface area contributed by atoms with E-state index in [-0.39, 0.29) is 11.1 Å². The maximum absolute atomic E-state index is 12.4. The lowest BCUT2D eigenvalue weighted by atomic mass is 9.84. The topological polar surface area (TPSA) is 74.6 Å². The van der Waals surface area contributed by atoms with Crippen molar-refractivity contribution >= 4 is 38.9 Å². The fraction of sp³-hybridized carbons (Fsp3) is 0. The van der Waals surface area contributed by atoms with E-state index < -0.39 is 23.1 Å². The molecule has 1 aliphatic carbocycles. The Labute approximate surface area is 124 Å². The Morgan fingerprint density at radius 3 is 1.55 bits per heavy atom. The second-order valence-electron chi connectivity index (χ2n) is 5.20. The third kappa shape index (κ3) is 1.41. The van der Waals surface area contributed by atoms with Gasteiger partial charge in [0.05, 0.1) is 0 Å². The first-order valence-corrected chi connectivity index (χ1v) is 6.76. The highest BCUT2D eigenvalue weighted by molar-refractivity contribution is 6.54. The van der Waals surface area contributed by atoms with Gasteiger partial charge in [-0.3, -0.25) is 9.59 Å². The van der Waals surface area contributed by atoms with E-state index in [2.05, 4.69) is 0 Å². The summed E-state index contributed by atoms with van der Waals surface area (Å²) >= 11 is 0. The lowest BCUT2D eigenvalue weighted by Crippen LogP contribution is -2.24. The van der Waals surface area contributed by atoms with Crippen molar-refractivity contribution in [3.8, 4) is 0 Å². The quantitative estimate of drug-likeness (QED) is 0.490. The molecule has 4 nitrogen and oxygen atoms in total. The van der Waals surface area contributed by atoms with Gasteiger partial charge in [0.25, 0.3) is 5.78 Å². The van der Waals surface area contributed by atoms with E-state index in [0.29, 0.717) is 10.8 Å². The number of hydrogen-bond acceptors (Lipinski definition) is 4. The van der Waals surface area contributed by atoms with Crippen LogP contribution in [0, 0.1) is 0 Å². The van der Waals surface area contributed by atoms with Gasteiger partial charge in [-0.05, 0) is 21.5 Å². The smallest absolute Gasteiger partial charge is 0.271 e. The monoisotopic (exact) mass is 290 g/mol. The zero-order chi connectivity index (χ0) is 15.4. The minimum atomic E-state index is -1.08. The first-order valence-electron chi connectivity index (χ1n) is 6.76. The molecule has 1 aliphatic rings. The summed E-state index contributed by atoms with van der Waals surface area (Å²) in [5.74, 6) is -3.31. The predicted octanol–water partition coefficient (Wildman–Crippen LogP) is 3.54. The van der Waals surface area contributed by atoms with Gasteiger partial charge in [0.2, 0.25) is 11.5 Å². The van der Waals surface area contributed by atoms with Gasteiger partial charge in [-0.2, -0.15) is 0 Å².